The van der Waals surface area contributed by atoms with Crippen molar-refractivity contribution in [1.82, 2.24) is 4.90 Å². The minimum atomic E-state index is -1.03. The van der Waals surface area contributed by atoms with Crippen molar-refractivity contribution in [2.75, 3.05) is 13.1 Å². The zero-order valence-electron chi connectivity index (χ0n) is 14.1. The van der Waals surface area contributed by atoms with Crippen LogP contribution in [-0.2, 0) is 0 Å². The van der Waals surface area contributed by atoms with Crippen molar-refractivity contribution < 1.29 is 19.8 Å². The normalized spacial score (nSPS) is 19.8. The Balaban J connectivity index is 2.01. The van der Waals surface area contributed by atoms with Gasteiger partial charge in [0, 0.05) is 18.7 Å². The van der Waals surface area contributed by atoms with Gasteiger partial charge >= 0.3 is 5.97 Å². The average molecular weight is 339 g/mol. The Bertz CT molecular complexity index is 817. The van der Waals surface area contributed by atoms with Crippen molar-refractivity contribution in [3.63, 3.8) is 0 Å². The predicted octanol–water partition coefficient (Wildman–Crippen LogP) is 3.04. The van der Waals surface area contributed by atoms with Gasteiger partial charge in [-0.15, -0.1) is 0 Å². The monoisotopic (exact) mass is 339 g/mol. The molecule has 5 nitrogen and oxygen atoms in total. The first-order valence-corrected chi connectivity index (χ1v) is 8.38. The molecule has 5 heteroatoms. The Morgan fingerprint density at radius 3 is 2.16 bits per heavy atom. The molecule has 1 unspecified atom stereocenters. The molecule has 0 bridgehead atoms. The zero-order valence-corrected chi connectivity index (χ0v) is 14.1. The third kappa shape index (κ3) is 3.28. The van der Waals surface area contributed by atoms with Crippen molar-refractivity contribution in [3.05, 3.63) is 59.7 Å². The first-order valence-electron chi connectivity index (χ1n) is 8.38. The summed E-state index contributed by atoms with van der Waals surface area (Å²) in [7, 11) is 0. The van der Waals surface area contributed by atoms with Crippen LogP contribution in [0.1, 0.15) is 40.5 Å². The Hall–Kier alpha value is -2.66. The number of likely N-dealkylation sites (tertiary alicyclic amines) is 1. The van der Waals surface area contributed by atoms with Crippen LogP contribution in [0.2, 0.25) is 0 Å². The lowest BCUT2D eigenvalue weighted by atomic mass is 9.94. The molecule has 1 saturated heterocycles. The van der Waals surface area contributed by atoms with E-state index in [4.69, 9.17) is 0 Å². The molecular weight excluding hydrogens is 318 g/mol. The number of benzene rings is 2. The summed E-state index contributed by atoms with van der Waals surface area (Å²) in [6.07, 6.45) is 1.16. The summed E-state index contributed by atoms with van der Waals surface area (Å²) in [6.45, 7) is 2.71. The van der Waals surface area contributed by atoms with Crippen LogP contribution in [0.15, 0.2) is 48.5 Å². The van der Waals surface area contributed by atoms with E-state index >= 15 is 0 Å². The molecule has 0 spiro atoms. The molecule has 3 rings (SSSR count). The van der Waals surface area contributed by atoms with Gasteiger partial charge in [-0.2, -0.15) is 0 Å². The third-order valence-corrected chi connectivity index (χ3v) is 4.88. The molecule has 1 fully saturated rings. The summed E-state index contributed by atoms with van der Waals surface area (Å²) in [4.78, 5) is 26.2. The van der Waals surface area contributed by atoms with Crippen molar-refractivity contribution in [2.45, 2.75) is 25.4 Å². The van der Waals surface area contributed by atoms with E-state index in [9.17, 15) is 19.8 Å². The van der Waals surface area contributed by atoms with Crippen molar-refractivity contribution >= 4 is 11.9 Å². The third-order valence-electron chi connectivity index (χ3n) is 4.88. The molecule has 2 aromatic carbocycles. The fourth-order valence-corrected chi connectivity index (χ4v) is 3.30. The van der Waals surface area contributed by atoms with Crippen LogP contribution in [0.5, 0.6) is 0 Å². The Morgan fingerprint density at radius 1 is 1.04 bits per heavy atom. The summed E-state index contributed by atoms with van der Waals surface area (Å²) < 4.78 is 0. The topological polar surface area (TPSA) is 77.8 Å². The minimum absolute atomic E-state index is 0.161. The van der Waals surface area contributed by atoms with Gasteiger partial charge in [0.05, 0.1) is 11.2 Å². The largest absolute Gasteiger partial charge is 0.478 e. The van der Waals surface area contributed by atoms with E-state index in [1.807, 2.05) is 6.92 Å². The van der Waals surface area contributed by atoms with Gasteiger partial charge in [-0.05, 0) is 36.1 Å². The van der Waals surface area contributed by atoms with Gasteiger partial charge in [0.25, 0.3) is 5.91 Å². The van der Waals surface area contributed by atoms with E-state index in [0.717, 1.165) is 0 Å². The van der Waals surface area contributed by atoms with E-state index in [0.29, 0.717) is 42.6 Å². The van der Waals surface area contributed by atoms with Crippen LogP contribution in [0.25, 0.3) is 11.1 Å². The molecule has 0 aromatic heterocycles. The summed E-state index contributed by atoms with van der Waals surface area (Å²) >= 11 is 0. The number of carboxylic acid groups (broad SMARTS) is 1. The highest BCUT2D eigenvalue weighted by molar-refractivity contribution is 6.04. The SMILES string of the molecule is CCC1(O)CCN(C(=O)c2ccccc2-c2ccccc2C(=O)O)C1. The molecule has 25 heavy (non-hydrogen) atoms. The molecule has 1 atom stereocenters. The first-order chi connectivity index (χ1) is 11.9. The van der Waals surface area contributed by atoms with Crippen LogP contribution in [0, 0.1) is 0 Å². The van der Waals surface area contributed by atoms with Gasteiger partial charge < -0.3 is 15.1 Å². The van der Waals surface area contributed by atoms with Crippen LogP contribution in [0.3, 0.4) is 0 Å². The Labute approximate surface area is 146 Å². The van der Waals surface area contributed by atoms with Crippen molar-refractivity contribution in [1.29, 1.82) is 0 Å². The smallest absolute Gasteiger partial charge is 0.336 e. The summed E-state index contributed by atoms with van der Waals surface area (Å²) in [5, 5.41) is 19.8. The molecule has 130 valence electrons. The highest BCUT2D eigenvalue weighted by atomic mass is 16.4. The second kappa shape index (κ2) is 6.69. The lowest BCUT2D eigenvalue weighted by Gasteiger charge is -2.22. The minimum Gasteiger partial charge on any atom is -0.478 e. The number of aromatic carboxylic acids is 1. The van der Waals surface area contributed by atoms with Gasteiger partial charge in [-0.25, -0.2) is 4.79 Å². The summed E-state index contributed by atoms with van der Waals surface area (Å²) in [6, 6.07) is 13.7. The predicted molar refractivity (Wildman–Crippen MR) is 94.6 cm³/mol. The quantitative estimate of drug-likeness (QED) is 0.897. The number of carbonyl (C=O) groups is 2. The average Bonchev–Trinajstić information content (AvgIpc) is 3.04. The molecule has 0 saturated carbocycles. The fourth-order valence-electron chi connectivity index (χ4n) is 3.30. The molecule has 1 amide bonds. The molecule has 1 aliphatic rings. The first kappa shape index (κ1) is 17.2. The van der Waals surface area contributed by atoms with Gasteiger partial charge in [-0.3, -0.25) is 4.79 Å². The maximum atomic E-state index is 13.0. The molecule has 1 heterocycles. The summed E-state index contributed by atoms with van der Waals surface area (Å²) in [5.74, 6) is -1.21. The highest BCUT2D eigenvalue weighted by Crippen LogP contribution is 2.31. The van der Waals surface area contributed by atoms with Gasteiger partial charge in [-0.1, -0.05) is 43.3 Å². The Morgan fingerprint density at radius 2 is 1.60 bits per heavy atom. The summed E-state index contributed by atoms with van der Waals surface area (Å²) in [5.41, 5.74) is 0.899. The molecular formula is C20H21NO4. The van der Waals surface area contributed by atoms with Crippen LogP contribution >= 0.6 is 0 Å². The van der Waals surface area contributed by atoms with Crippen LogP contribution < -0.4 is 0 Å². The molecule has 1 aliphatic heterocycles. The van der Waals surface area contributed by atoms with Crippen molar-refractivity contribution in [2.24, 2.45) is 0 Å². The molecule has 2 aromatic rings. The van der Waals surface area contributed by atoms with E-state index in [-0.39, 0.29) is 11.5 Å². The standard InChI is InChI=1S/C20H21NO4/c1-2-20(25)11-12-21(13-20)18(22)16-9-5-3-7-14(16)15-8-4-6-10-17(15)19(23)24/h3-10,25H,2,11-13H2,1H3,(H,23,24). The lowest BCUT2D eigenvalue weighted by Crippen LogP contribution is -2.35. The second-order valence-corrected chi connectivity index (χ2v) is 6.45. The van der Waals surface area contributed by atoms with E-state index in [1.165, 1.54) is 6.07 Å². The molecule has 0 radical (unpaired) electrons. The Kier molecular flexibility index (Phi) is 4.59. The maximum Gasteiger partial charge on any atom is 0.336 e. The number of rotatable bonds is 4. The van der Waals surface area contributed by atoms with Gasteiger partial charge in [0.15, 0.2) is 0 Å². The van der Waals surface area contributed by atoms with Crippen molar-refractivity contribution in [3.8, 4) is 11.1 Å². The van der Waals surface area contributed by atoms with Gasteiger partial charge in [0.1, 0.15) is 0 Å². The number of hydrogen-bond acceptors (Lipinski definition) is 3. The van der Waals surface area contributed by atoms with E-state index in [2.05, 4.69) is 0 Å². The van der Waals surface area contributed by atoms with Crippen LogP contribution in [0.4, 0.5) is 0 Å². The number of aliphatic hydroxyl groups is 1. The number of β-amino-alcohol motifs (C(OH)–C–C–N with tert-alkyl or cyclic N) is 1. The number of nitrogens with zero attached hydrogens (tertiary/aromatic N) is 1. The van der Waals surface area contributed by atoms with Gasteiger partial charge in [0.2, 0.25) is 0 Å². The maximum absolute atomic E-state index is 13.0. The fraction of sp³-hybridized carbons (Fsp3) is 0.300. The number of hydrogen-bond donors (Lipinski definition) is 2. The van der Waals surface area contributed by atoms with E-state index in [1.54, 1.807) is 47.4 Å². The van der Waals surface area contributed by atoms with E-state index < -0.39 is 11.6 Å². The molecule has 2 N–H and O–H groups in total. The second-order valence-electron chi connectivity index (χ2n) is 6.45. The number of carbonyl (C=O) groups excluding carboxylic acids is 1. The lowest BCUT2D eigenvalue weighted by molar-refractivity contribution is 0.0413. The number of amides is 1. The molecule has 0 aliphatic carbocycles. The highest BCUT2D eigenvalue weighted by Gasteiger charge is 2.37. The van der Waals surface area contributed by atoms with Crippen LogP contribution in [-0.4, -0.2) is 45.7 Å². The number of carboxylic acids is 1. The zero-order chi connectivity index (χ0) is 18.0.